The van der Waals surface area contributed by atoms with Crippen LogP contribution in [0.2, 0.25) is 0 Å². The number of piperazine rings is 1. The number of benzene rings is 1. The summed E-state index contributed by atoms with van der Waals surface area (Å²) in [5.41, 5.74) is 0.905. The summed E-state index contributed by atoms with van der Waals surface area (Å²) in [6.45, 7) is 9.07. The highest BCUT2D eigenvalue weighted by atomic mass is 32.1. The molecular weight excluding hydrogens is 334 g/mol. The molecule has 0 bridgehead atoms. The topological polar surface area (TPSA) is 64.0 Å². The van der Waals surface area contributed by atoms with Crippen LogP contribution in [-0.2, 0) is 6.54 Å². The van der Waals surface area contributed by atoms with E-state index in [-0.39, 0.29) is 0 Å². The second-order valence-corrected chi connectivity index (χ2v) is 7.32. The number of anilines is 1. The van der Waals surface area contributed by atoms with E-state index in [2.05, 4.69) is 33.9 Å². The van der Waals surface area contributed by atoms with E-state index >= 15 is 0 Å². The number of guanidine groups is 1. The standard InChI is InChI=1S/C18H25N5OS/c1-3-19-18(21-13-17-20-12-14(2)25-17)23-10-8-22(9-11-23)15-6-4-5-7-16(15)24/h4-7,12,24H,3,8-11,13H2,1-2H3,(H,19,21). The number of thiazole rings is 1. The highest BCUT2D eigenvalue weighted by molar-refractivity contribution is 7.11. The number of aromatic hydroxyl groups is 1. The lowest BCUT2D eigenvalue weighted by atomic mass is 10.2. The zero-order chi connectivity index (χ0) is 17.6. The Kier molecular flexibility index (Phi) is 5.75. The van der Waals surface area contributed by atoms with Gasteiger partial charge in [0.25, 0.3) is 0 Å². The van der Waals surface area contributed by atoms with Crippen LogP contribution in [0.3, 0.4) is 0 Å². The quantitative estimate of drug-likeness (QED) is 0.648. The zero-order valence-electron chi connectivity index (χ0n) is 14.8. The molecule has 3 rings (SSSR count). The van der Waals surface area contributed by atoms with Gasteiger partial charge in [0.15, 0.2) is 5.96 Å². The van der Waals surface area contributed by atoms with Gasteiger partial charge in [0, 0.05) is 43.8 Å². The van der Waals surface area contributed by atoms with E-state index in [0.717, 1.165) is 49.4 Å². The molecule has 25 heavy (non-hydrogen) atoms. The Hall–Kier alpha value is -2.28. The van der Waals surface area contributed by atoms with Gasteiger partial charge in [-0.05, 0) is 26.0 Å². The molecule has 1 aromatic carbocycles. The first-order valence-electron chi connectivity index (χ1n) is 8.65. The molecule has 1 aromatic heterocycles. The first-order valence-corrected chi connectivity index (χ1v) is 9.46. The lowest BCUT2D eigenvalue weighted by Gasteiger charge is -2.37. The van der Waals surface area contributed by atoms with Crippen LogP contribution in [0, 0.1) is 6.92 Å². The van der Waals surface area contributed by atoms with E-state index in [1.54, 1.807) is 17.4 Å². The third kappa shape index (κ3) is 4.42. The average Bonchev–Trinajstić information content (AvgIpc) is 3.05. The van der Waals surface area contributed by atoms with Crippen LogP contribution in [0.4, 0.5) is 5.69 Å². The molecular formula is C18H25N5OS. The van der Waals surface area contributed by atoms with Crippen LogP contribution < -0.4 is 10.2 Å². The summed E-state index contributed by atoms with van der Waals surface area (Å²) in [5, 5.41) is 14.5. The first kappa shape index (κ1) is 17.5. The second kappa shape index (κ2) is 8.20. The highest BCUT2D eigenvalue weighted by Crippen LogP contribution is 2.27. The Bertz CT molecular complexity index is 722. The van der Waals surface area contributed by atoms with Crippen molar-refractivity contribution in [2.75, 3.05) is 37.6 Å². The molecule has 0 unspecified atom stereocenters. The fourth-order valence-corrected chi connectivity index (χ4v) is 3.65. The van der Waals surface area contributed by atoms with Crippen LogP contribution in [0.15, 0.2) is 35.5 Å². The van der Waals surface area contributed by atoms with Crippen LogP contribution in [-0.4, -0.2) is 53.7 Å². The Morgan fingerprint density at radius 1 is 1.28 bits per heavy atom. The molecule has 1 aliphatic heterocycles. The van der Waals surface area contributed by atoms with Crippen molar-refractivity contribution in [2.45, 2.75) is 20.4 Å². The number of nitrogens with one attached hydrogen (secondary N) is 1. The molecule has 1 saturated heterocycles. The van der Waals surface area contributed by atoms with Crippen molar-refractivity contribution in [1.29, 1.82) is 0 Å². The second-order valence-electron chi connectivity index (χ2n) is 6.00. The number of nitrogens with zero attached hydrogens (tertiary/aromatic N) is 4. The summed E-state index contributed by atoms with van der Waals surface area (Å²) < 4.78 is 0. The summed E-state index contributed by atoms with van der Waals surface area (Å²) in [6, 6.07) is 7.52. The number of aliphatic imine (C=N–C) groups is 1. The van der Waals surface area contributed by atoms with Gasteiger partial charge in [-0.1, -0.05) is 12.1 Å². The van der Waals surface area contributed by atoms with Crippen molar-refractivity contribution in [3.63, 3.8) is 0 Å². The summed E-state index contributed by atoms with van der Waals surface area (Å²) in [7, 11) is 0. The number of rotatable bonds is 4. The lowest BCUT2D eigenvalue weighted by molar-refractivity contribution is 0.369. The number of phenols is 1. The van der Waals surface area contributed by atoms with Gasteiger partial charge in [-0.25, -0.2) is 9.98 Å². The van der Waals surface area contributed by atoms with E-state index < -0.39 is 0 Å². The molecule has 2 heterocycles. The third-order valence-electron chi connectivity index (χ3n) is 4.17. The van der Waals surface area contributed by atoms with Gasteiger partial charge in [-0.15, -0.1) is 11.3 Å². The third-order valence-corrected chi connectivity index (χ3v) is 5.07. The van der Waals surface area contributed by atoms with Crippen LogP contribution >= 0.6 is 11.3 Å². The van der Waals surface area contributed by atoms with Crippen LogP contribution in [0.5, 0.6) is 5.75 Å². The monoisotopic (exact) mass is 359 g/mol. The maximum atomic E-state index is 10.0. The number of aromatic nitrogens is 1. The van der Waals surface area contributed by atoms with Gasteiger partial charge < -0.3 is 20.2 Å². The minimum atomic E-state index is 0.343. The summed E-state index contributed by atoms with van der Waals surface area (Å²) in [6.07, 6.45) is 1.90. The summed E-state index contributed by atoms with van der Waals surface area (Å²) in [4.78, 5) is 14.8. The Balaban J connectivity index is 1.63. The maximum Gasteiger partial charge on any atom is 0.194 e. The van der Waals surface area contributed by atoms with E-state index in [1.807, 2.05) is 24.4 Å². The number of phenolic OH excluding ortho intramolecular Hbond substituents is 1. The van der Waals surface area contributed by atoms with Crippen molar-refractivity contribution in [3.05, 3.63) is 40.3 Å². The average molecular weight is 359 g/mol. The molecule has 134 valence electrons. The molecule has 0 spiro atoms. The van der Waals surface area contributed by atoms with Crippen molar-refractivity contribution < 1.29 is 5.11 Å². The van der Waals surface area contributed by atoms with Gasteiger partial charge in [0.1, 0.15) is 10.8 Å². The van der Waals surface area contributed by atoms with E-state index in [4.69, 9.17) is 4.99 Å². The maximum absolute atomic E-state index is 10.0. The Morgan fingerprint density at radius 2 is 2.04 bits per heavy atom. The van der Waals surface area contributed by atoms with Gasteiger partial charge >= 0.3 is 0 Å². The molecule has 2 N–H and O–H groups in total. The van der Waals surface area contributed by atoms with Gasteiger partial charge in [0.05, 0.1) is 12.2 Å². The number of para-hydroxylation sites is 2. The molecule has 2 aromatic rings. The molecule has 0 atom stereocenters. The molecule has 0 saturated carbocycles. The minimum Gasteiger partial charge on any atom is -0.506 e. The van der Waals surface area contributed by atoms with E-state index in [1.165, 1.54) is 4.88 Å². The zero-order valence-corrected chi connectivity index (χ0v) is 15.6. The predicted octanol–water partition coefficient (Wildman–Crippen LogP) is 2.44. The molecule has 6 nitrogen and oxygen atoms in total. The van der Waals surface area contributed by atoms with Crippen molar-refractivity contribution in [2.24, 2.45) is 4.99 Å². The molecule has 1 aliphatic rings. The minimum absolute atomic E-state index is 0.343. The molecule has 7 heteroatoms. The van der Waals surface area contributed by atoms with Crippen molar-refractivity contribution in [1.82, 2.24) is 15.2 Å². The van der Waals surface area contributed by atoms with Crippen LogP contribution in [0.1, 0.15) is 16.8 Å². The smallest absolute Gasteiger partial charge is 0.194 e. The van der Waals surface area contributed by atoms with Crippen LogP contribution in [0.25, 0.3) is 0 Å². The largest absolute Gasteiger partial charge is 0.506 e. The SMILES string of the molecule is CCNC(=NCc1ncc(C)s1)N1CCN(c2ccccc2O)CC1. The number of hydrogen-bond donors (Lipinski definition) is 2. The fraction of sp³-hybridized carbons (Fsp3) is 0.444. The summed E-state index contributed by atoms with van der Waals surface area (Å²) >= 11 is 1.69. The predicted molar refractivity (Wildman–Crippen MR) is 104 cm³/mol. The lowest BCUT2D eigenvalue weighted by Crippen LogP contribution is -2.52. The number of aryl methyl sites for hydroxylation is 1. The highest BCUT2D eigenvalue weighted by Gasteiger charge is 2.21. The van der Waals surface area contributed by atoms with Crippen molar-refractivity contribution >= 4 is 23.0 Å². The van der Waals surface area contributed by atoms with Gasteiger partial charge in [0.2, 0.25) is 0 Å². The number of hydrogen-bond acceptors (Lipinski definition) is 5. The molecule has 0 amide bonds. The van der Waals surface area contributed by atoms with E-state index in [0.29, 0.717) is 12.3 Å². The Labute approximate surface area is 152 Å². The molecule has 0 radical (unpaired) electrons. The fourth-order valence-electron chi connectivity index (χ4n) is 2.93. The Morgan fingerprint density at radius 3 is 2.68 bits per heavy atom. The van der Waals surface area contributed by atoms with E-state index in [9.17, 15) is 5.11 Å². The van der Waals surface area contributed by atoms with Gasteiger partial charge in [-0.2, -0.15) is 0 Å². The van der Waals surface area contributed by atoms with Crippen molar-refractivity contribution in [3.8, 4) is 5.75 Å². The normalized spacial score (nSPS) is 15.5. The van der Waals surface area contributed by atoms with Gasteiger partial charge in [-0.3, -0.25) is 0 Å². The first-order chi connectivity index (χ1) is 12.2. The molecule has 1 fully saturated rings. The summed E-state index contributed by atoms with van der Waals surface area (Å²) in [5.74, 6) is 1.28. The molecule has 0 aliphatic carbocycles.